The highest BCUT2D eigenvalue weighted by Gasteiger charge is 2.25. The molecule has 0 saturated carbocycles. The molecule has 0 aliphatic carbocycles. The minimum absolute atomic E-state index is 0.0200. The Morgan fingerprint density at radius 1 is 0.558 bits per heavy atom. The van der Waals surface area contributed by atoms with E-state index in [0.717, 1.165) is 56.7 Å². The molecule has 43 heavy (non-hydrogen) atoms. The smallest absolute Gasteiger partial charge is 0.208 e. The van der Waals surface area contributed by atoms with Crippen LogP contribution in [0.2, 0.25) is 0 Å². The van der Waals surface area contributed by atoms with Crippen LogP contribution in [0.1, 0.15) is 156 Å². The van der Waals surface area contributed by atoms with Crippen molar-refractivity contribution < 1.29 is 23.7 Å². The van der Waals surface area contributed by atoms with E-state index in [0.29, 0.717) is 49.4 Å². The van der Waals surface area contributed by atoms with Crippen LogP contribution >= 0.6 is 8.58 Å². The highest BCUT2D eigenvalue weighted by atomic mass is 31.1. The van der Waals surface area contributed by atoms with Gasteiger partial charge < -0.3 is 18.9 Å². The second kappa shape index (κ2) is 27.8. The SMILES string of the molecule is C=CC(=O)Pc1cc(OCCCCCCC)c(OCCCCCCC)c(OCCCCCCC)c1OCCCCCCC. The Morgan fingerprint density at radius 2 is 0.930 bits per heavy atom. The number of carbonyl (C=O) groups is 1. The number of carbonyl (C=O) groups excluding carboxylic acids is 1. The number of ether oxygens (including phenoxy) is 4. The van der Waals surface area contributed by atoms with E-state index >= 15 is 0 Å². The van der Waals surface area contributed by atoms with Crippen molar-refractivity contribution in [1.82, 2.24) is 0 Å². The zero-order valence-corrected chi connectivity index (χ0v) is 29.4. The maximum absolute atomic E-state index is 12.6. The van der Waals surface area contributed by atoms with Gasteiger partial charge in [-0.15, -0.1) is 0 Å². The Morgan fingerprint density at radius 3 is 1.35 bits per heavy atom. The number of unbranched alkanes of at least 4 members (excludes halogenated alkanes) is 16. The summed E-state index contributed by atoms with van der Waals surface area (Å²) < 4.78 is 25.9. The Bertz CT molecular complexity index is 841. The van der Waals surface area contributed by atoms with Gasteiger partial charge in [-0.25, -0.2) is 0 Å². The number of rotatable bonds is 31. The number of hydrogen-bond acceptors (Lipinski definition) is 5. The predicted octanol–water partition coefficient (Wildman–Crippen LogP) is 11.1. The molecule has 1 aromatic carbocycles. The van der Waals surface area contributed by atoms with Crippen molar-refractivity contribution in [2.24, 2.45) is 0 Å². The fourth-order valence-corrected chi connectivity index (χ4v) is 5.79. The molecule has 0 saturated heterocycles. The van der Waals surface area contributed by atoms with Crippen molar-refractivity contribution in [2.75, 3.05) is 26.4 Å². The second-order valence-corrected chi connectivity index (χ2v) is 12.9. The quantitative estimate of drug-likeness (QED) is 0.0469. The van der Waals surface area contributed by atoms with Crippen molar-refractivity contribution >= 4 is 19.4 Å². The topological polar surface area (TPSA) is 54.0 Å². The fourth-order valence-electron chi connectivity index (χ4n) is 4.92. The largest absolute Gasteiger partial charge is 0.490 e. The lowest BCUT2D eigenvalue weighted by Crippen LogP contribution is -2.15. The average molecular weight is 621 g/mol. The van der Waals surface area contributed by atoms with E-state index in [4.69, 9.17) is 18.9 Å². The van der Waals surface area contributed by atoms with E-state index in [1.165, 1.54) is 83.1 Å². The van der Waals surface area contributed by atoms with Gasteiger partial charge in [0.15, 0.2) is 17.0 Å². The first-order valence-corrected chi connectivity index (χ1v) is 18.8. The highest BCUT2D eigenvalue weighted by Crippen LogP contribution is 2.46. The normalized spacial score (nSPS) is 11.3. The molecule has 0 aliphatic rings. The molecule has 0 heterocycles. The Kier molecular flexibility index (Phi) is 25.4. The summed E-state index contributed by atoms with van der Waals surface area (Å²) in [7, 11) is -0.106. The summed E-state index contributed by atoms with van der Waals surface area (Å²) in [5.74, 6) is 2.56. The molecule has 0 aromatic heterocycles. The Labute approximate surface area is 267 Å². The van der Waals surface area contributed by atoms with Gasteiger partial charge in [-0.05, 0) is 46.4 Å². The van der Waals surface area contributed by atoms with Crippen LogP contribution in [-0.4, -0.2) is 32.0 Å². The van der Waals surface area contributed by atoms with Crippen molar-refractivity contribution in [3.63, 3.8) is 0 Å². The molecule has 0 bridgehead atoms. The standard InChI is InChI=1S/C37H65O5P/c1-6-11-15-19-23-27-39-32-31-33(43-34(38)10-5)36(41-29-25-21-17-13-8-3)37(42-30-26-22-18-14-9-4)35(32)40-28-24-20-16-12-7-2/h10,31,43H,5-9,11-30H2,1-4H3. The third-order valence-corrected chi connectivity index (χ3v) is 8.68. The maximum Gasteiger partial charge on any atom is 0.208 e. The molecule has 0 aliphatic heterocycles. The van der Waals surface area contributed by atoms with Crippen LogP contribution in [0, 0.1) is 0 Å². The lowest BCUT2D eigenvalue weighted by atomic mass is 10.1. The molecule has 248 valence electrons. The Balaban J connectivity index is 3.33. The van der Waals surface area contributed by atoms with Crippen molar-refractivity contribution in [2.45, 2.75) is 156 Å². The summed E-state index contributed by atoms with van der Waals surface area (Å²) in [6, 6.07) is 1.97. The second-order valence-electron chi connectivity index (χ2n) is 11.7. The van der Waals surface area contributed by atoms with Crippen molar-refractivity contribution in [3.8, 4) is 23.0 Å². The summed E-state index contributed by atoms with van der Waals surface area (Å²) >= 11 is 0. The summed E-state index contributed by atoms with van der Waals surface area (Å²) in [4.78, 5) is 12.6. The van der Waals surface area contributed by atoms with Crippen molar-refractivity contribution in [3.05, 3.63) is 18.7 Å². The maximum atomic E-state index is 12.6. The molecule has 6 heteroatoms. The first-order chi connectivity index (χ1) is 21.1. The van der Waals surface area contributed by atoms with Gasteiger partial charge in [-0.1, -0.05) is 137 Å². The first-order valence-electron chi connectivity index (χ1n) is 17.8. The van der Waals surface area contributed by atoms with Gasteiger partial charge >= 0.3 is 0 Å². The van der Waals surface area contributed by atoms with Gasteiger partial charge in [0.2, 0.25) is 11.5 Å². The van der Waals surface area contributed by atoms with Crippen LogP contribution in [0.5, 0.6) is 23.0 Å². The summed E-state index contributed by atoms with van der Waals surface area (Å²) in [6.07, 6.45) is 24.6. The summed E-state index contributed by atoms with van der Waals surface area (Å²) in [6.45, 7) is 15.0. The Hall–Kier alpha value is -1.74. The molecule has 0 fully saturated rings. The van der Waals surface area contributed by atoms with Crippen LogP contribution in [0.4, 0.5) is 0 Å². The van der Waals surface area contributed by atoms with Gasteiger partial charge in [0.25, 0.3) is 0 Å². The number of benzene rings is 1. The third-order valence-electron chi connectivity index (χ3n) is 7.59. The molecule has 0 spiro atoms. The summed E-state index contributed by atoms with van der Waals surface area (Å²) in [5.41, 5.74) is -0.0200. The molecule has 0 N–H and O–H groups in total. The molecule has 1 unspecified atom stereocenters. The van der Waals surface area contributed by atoms with E-state index in [1.807, 2.05) is 6.07 Å². The van der Waals surface area contributed by atoms with Gasteiger partial charge in [-0.3, -0.25) is 4.79 Å². The van der Waals surface area contributed by atoms with Crippen LogP contribution in [0.15, 0.2) is 18.7 Å². The van der Waals surface area contributed by atoms with Crippen LogP contribution < -0.4 is 24.3 Å². The van der Waals surface area contributed by atoms with Gasteiger partial charge in [0.1, 0.15) is 0 Å². The lowest BCUT2D eigenvalue weighted by Gasteiger charge is -2.23. The molecular weight excluding hydrogens is 555 g/mol. The molecular formula is C37H65O5P. The predicted molar refractivity (Wildman–Crippen MR) is 187 cm³/mol. The van der Waals surface area contributed by atoms with Gasteiger partial charge in [0, 0.05) is 5.30 Å². The summed E-state index contributed by atoms with van der Waals surface area (Å²) in [5, 5.41) is 0.815. The number of allylic oxidation sites excluding steroid dienone is 1. The molecule has 5 nitrogen and oxygen atoms in total. The van der Waals surface area contributed by atoms with Crippen molar-refractivity contribution in [1.29, 1.82) is 0 Å². The van der Waals surface area contributed by atoms with Gasteiger partial charge in [-0.2, -0.15) is 0 Å². The first kappa shape index (κ1) is 39.3. The highest BCUT2D eigenvalue weighted by molar-refractivity contribution is 7.66. The minimum atomic E-state index is -0.106. The average Bonchev–Trinajstić information content (AvgIpc) is 3.01. The lowest BCUT2D eigenvalue weighted by molar-refractivity contribution is -0.107. The minimum Gasteiger partial charge on any atom is -0.490 e. The fraction of sp³-hybridized carbons (Fsp3) is 0.757. The molecule has 1 aromatic rings. The number of hydrogen-bond donors (Lipinski definition) is 0. The van der Waals surface area contributed by atoms with Gasteiger partial charge in [0.05, 0.1) is 26.4 Å². The van der Waals surface area contributed by atoms with E-state index in [1.54, 1.807) is 0 Å². The molecule has 1 atom stereocenters. The van der Waals surface area contributed by atoms with Crippen LogP contribution in [0.25, 0.3) is 0 Å². The van der Waals surface area contributed by atoms with E-state index in [2.05, 4.69) is 34.3 Å². The van der Waals surface area contributed by atoms with Crippen LogP contribution in [-0.2, 0) is 4.79 Å². The van der Waals surface area contributed by atoms with E-state index in [9.17, 15) is 4.79 Å². The molecule has 0 radical (unpaired) electrons. The molecule has 0 amide bonds. The zero-order valence-electron chi connectivity index (χ0n) is 28.4. The van der Waals surface area contributed by atoms with E-state index < -0.39 is 0 Å². The zero-order chi connectivity index (χ0) is 31.4. The monoisotopic (exact) mass is 620 g/mol. The van der Waals surface area contributed by atoms with E-state index in [-0.39, 0.29) is 14.1 Å². The third kappa shape index (κ3) is 18.6. The van der Waals surface area contributed by atoms with Crippen LogP contribution in [0.3, 0.4) is 0 Å². The molecule has 1 rings (SSSR count).